The first-order valence-corrected chi connectivity index (χ1v) is 12.6. The van der Waals surface area contributed by atoms with E-state index in [0.717, 1.165) is 16.6 Å². The van der Waals surface area contributed by atoms with Gasteiger partial charge in [-0.05, 0) is 60.5 Å². The third kappa shape index (κ3) is 4.69. The maximum Gasteiger partial charge on any atom is 0.279 e. The summed E-state index contributed by atoms with van der Waals surface area (Å²) in [6, 6.07) is 18.4. The molecule has 0 radical (unpaired) electrons. The number of hydrogen-bond donors (Lipinski definition) is 1. The van der Waals surface area contributed by atoms with Crippen LogP contribution in [0.2, 0.25) is 0 Å². The Bertz CT molecular complexity index is 1500. The standard InChI is InChI=1S/C24H23N3O4S2/c1-4-16-7-6-10-21-22(16)27(2)24(32-21)25-23(28)17-8-5-9-18(15-17)26-33(29,30)20-13-11-19(31-3)12-14-20/h5-15,26H,4H2,1-3H3. The van der Waals surface area contributed by atoms with Gasteiger partial charge in [-0.3, -0.25) is 9.52 Å². The van der Waals surface area contributed by atoms with Gasteiger partial charge in [0.25, 0.3) is 15.9 Å². The number of carbonyl (C=O) groups is 1. The van der Waals surface area contributed by atoms with E-state index in [2.05, 4.69) is 22.7 Å². The number of para-hydroxylation sites is 1. The number of methoxy groups -OCH3 is 1. The molecule has 0 aliphatic carbocycles. The second-order valence-corrected chi connectivity index (χ2v) is 10.0. The van der Waals surface area contributed by atoms with Crippen LogP contribution in [-0.2, 0) is 23.5 Å². The Morgan fingerprint density at radius 3 is 2.52 bits per heavy atom. The second kappa shape index (κ2) is 9.21. The first-order chi connectivity index (χ1) is 15.8. The average molecular weight is 482 g/mol. The van der Waals surface area contributed by atoms with Gasteiger partial charge in [-0.1, -0.05) is 36.5 Å². The van der Waals surface area contributed by atoms with Gasteiger partial charge >= 0.3 is 0 Å². The molecule has 9 heteroatoms. The Balaban J connectivity index is 1.63. The Kier molecular flexibility index (Phi) is 6.35. The average Bonchev–Trinajstić information content (AvgIpc) is 3.14. The van der Waals surface area contributed by atoms with Crippen molar-refractivity contribution in [2.24, 2.45) is 12.0 Å². The van der Waals surface area contributed by atoms with Crippen LogP contribution >= 0.6 is 11.3 Å². The number of thiazole rings is 1. The minimum Gasteiger partial charge on any atom is -0.497 e. The molecule has 0 saturated heterocycles. The van der Waals surface area contributed by atoms with Gasteiger partial charge in [-0.2, -0.15) is 4.99 Å². The molecule has 1 amide bonds. The molecule has 1 N–H and O–H groups in total. The first-order valence-electron chi connectivity index (χ1n) is 10.3. The summed E-state index contributed by atoms with van der Waals surface area (Å²) in [5.74, 6) is 0.115. The number of rotatable bonds is 6. The number of ether oxygens (including phenoxy) is 1. The molecule has 7 nitrogen and oxygen atoms in total. The molecule has 4 aromatic rings. The van der Waals surface area contributed by atoms with Crippen molar-refractivity contribution in [3.63, 3.8) is 0 Å². The number of aromatic nitrogens is 1. The third-order valence-electron chi connectivity index (χ3n) is 5.22. The number of sulfonamides is 1. The van der Waals surface area contributed by atoms with E-state index in [0.29, 0.717) is 10.6 Å². The molecule has 170 valence electrons. The molecule has 0 bridgehead atoms. The van der Waals surface area contributed by atoms with Gasteiger partial charge < -0.3 is 9.30 Å². The molecule has 3 aromatic carbocycles. The lowest BCUT2D eigenvalue weighted by Crippen LogP contribution is -2.15. The zero-order chi connectivity index (χ0) is 23.6. The summed E-state index contributed by atoms with van der Waals surface area (Å²) in [5, 5.41) is 0. The quantitative estimate of drug-likeness (QED) is 0.443. The van der Waals surface area contributed by atoms with Crippen LogP contribution in [0.1, 0.15) is 22.8 Å². The highest BCUT2D eigenvalue weighted by Gasteiger charge is 2.16. The van der Waals surface area contributed by atoms with Crippen molar-refractivity contribution in [3.05, 3.63) is 82.7 Å². The topological polar surface area (TPSA) is 89.8 Å². The summed E-state index contributed by atoms with van der Waals surface area (Å²) < 4.78 is 36.0. The minimum atomic E-state index is -3.82. The van der Waals surface area contributed by atoms with Crippen LogP contribution in [0, 0.1) is 0 Å². The van der Waals surface area contributed by atoms with Gasteiger partial charge in [-0.25, -0.2) is 8.42 Å². The molecule has 0 atom stereocenters. The number of amides is 1. The summed E-state index contributed by atoms with van der Waals surface area (Å²) >= 11 is 1.44. The molecule has 1 aromatic heterocycles. The van der Waals surface area contributed by atoms with Crippen molar-refractivity contribution < 1.29 is 17.9 Å². The van der Waals surface area contributed by atoms with E-state index in [4.69, 9.17) is 4.74 Å². The number of carbonyl (C=O) groups excluding carboxylic acids is 1. The second-order valence-electron chi connectivity index (χ2n) is 7.34. The van der Waals surface area contributed by atoms with Crippen LogP contribution < -0.4 is 14.3 Å². The van der Waals surface area contributed by atoms with Gasteiger partial charge in [0, 0.05) is 18.3 Å². The number of aryl methyl sites for hydroxylation is 2. The maximum absolute atomic E-state index is 12.9. The fourth-order valence-electron chi connectivity index (χ4n) is 3.51. The van der Waals surface area contributed by atoms with Crippen LogP contribution in [0.5, 0.6) is 5.75 Å². The van der Waals surface area contributed by atoms with Crippen molar-refractivity contribution in [2.45, 2.75) is 18.2 Å². The van der Waals surface area contributed by atoms with Gasteiger partial charge in [-0.15, -0.1) is 0 Å². The Morgan fingerprint density at radius 2 is 1.82 bits per heavy atom. The molecular formula is C24H23N3O4S2. The SMILES string of the molecule is CCc1cccc2sc(=NC(=O)c3cccc(NS(=O)(=O)c4ccc(OC)cc4)c3)n(C)c12. The molecule has 0 spiro atoms. The van der Waals surface area contributed by atoms with Crippen LogP contribution in [0.25, 0.3) is 10.2 Å². The highest BCUT2D eigenvalue weighted by atomic mass is 32.2. The summed E-state index contributed by atoms with van der Waals surface area (Å²) in [6.45, 7) is 2.09. The van der Waals surface area contributed by atoms with E-state index in [1.54, 1.807) is 30.3 Å². The normalized spacial score (nSPS) is 12.2. The highest BCUT2D eigenvalue weighted by molar-refractivity contribution is 7.92. The van der Waals surface area contributed by atoms with Gasteiger partial charge in [0.05, 0.1) is 22.2 Å². The molecule has 1 heterocycles. The molecule has 0 aliphatic heterocycles. The monoisotopic (exact) mass is 481 g/mol. The maximum atomic E-state index is 12.9. The van der Waals surface area contributed by atoms with Crippen LogP contribution in [0.3, 0.4) is 0 Å². The molecule has 0 fully saturated rings. The Labute approximate surface area is 196 Å². The smallest absolute Gasteiger partial charge is 0.279 e. The summed E-state index contributed by atoms with van der Waals surface area (Å²) in [6.07, 6.45) is 0.881. The van der Waals surface area contributed by atoms with Gasteiger partial charge in [0.15, 0.2) is 4.80 Å². The minimum absolute atomic E-state index is 0.0914. The van der Waals surface area contributed by atoms with E-state index in [-0.39, 0.29) is 16.1 Å². The lowest BCUT2D eigenvalue weighted by Gasteiger charge is -2.09. The van der Waals surface area contributed by atoms with Crippen LogP contribution in [0.15, 0.2) is 76.6 Å². The Hall–Kier alpha value is -3.43. The summed E-state index contributed by atoms with van der Waals surface area (Å²) in [4.78, 5) is 17.9. The molecule has 0 unspecified atom stereocenters. The number of anilines is 1. The van der Waals surface area contributed by atoms with E-state index in [9.17, 15) is 13.2 Å². The van der Waals surface area contributed by atoms with Crippen molar-refractivity contribution in [1.29, 1.82) is 0 Å². The highest BCUT2D eigenvalue weighted by Crippen LogP contribution is 2.22. The molecular weight excluding hydrogens is 458 g/mol. The van der Waals surface area contributed by atoms with Crippen molar-refractivity contribution in [1.82, 2.24) is 4.57 Å². The predicted octanol–water partition coefficient (Wildman–Crippen LogP) is 4.35. The van der Waals surface area contributed by atoms with Crippen LogP contribution in [0.4, 0.5) is 5.69 Å². The van der Waals surface area contributed by atoms with Crippen LogP contribution in [-0.4, -0.2) is 26.0 Å². The van der Waals surface area contributed by atoms with Crippen molar-refractivity contribution in [2.75, 3.05) is 11.8 Å². The van der Waals surface area contributed by atoms with Crippen molar-refractivity contribution >= 4 is 43.2 Å². The van der Waals surface area contributed by atoms with E-state index in [1.165, 1.54) is 42.2 Å². The van der Waals surface area contributed by atoms with Gasteiger partial charge in [0.2, 0.25) is 0 Å². The molecule has 0 saturated carbocycles. The molecule has 33 heavy (non-hydrogen) atoms. The number of nitrogens with zero attached hydrogens (tertiary/aromatic N) is 2. The Morgan fingerprint density at radius 1 is 1.09 bits per heavy atom. The lowest BCUT2D eigenvalue weighted by molar-refractivity contribution is 0.0998. The molecule has 0 aliphatic rings. The largest absolute Gasteiger partial charge is 0.497 e. The number of hydrogen-bond acceptors (Lipinski definition) is 5. The zero-order valence-electron chi connectivity index (χ0n) is 18.4. The number of fused-ring (bicyclic) bond motifs is 1. The number of nitrogens with one attached hydrogen (secondary N) is 1. The van der Waals surface area contributed by atoms with E-state index >= 15 is 0 Å². The fraction of sp³-hybridized carbons (Fsp3) is 0.167. The summed E-state index contributed by atoms with van der Waals surface area (Å²) in [5.41, 5.74) is 2.83. The summed E-state index contributed by atoms with van der Waals surface area (Å²) in [7, 11) is -0.418. The lowest BCUT2D eigenvalue weighted by atomic mass is 10.1. The third-order valence-corrected chi connectivity index (χ3v) is 7.71. The first kappa shape index (κ1) is 22.8. The van der Waals surface area contributed by atoms with Gasteiger partial charge in [0.1, 0.15) is 5.75 Å². The zero-order valence-corrected chi connectivity index (χ0v) is 20.0. The number of benzene rings is 3. The van der Waals surface area contributed by atoms with Crippen molar-refractivity contribution in [3.8, 4) is 5.75 Å². The molecule has 4 rings (SSSR count). The van der Waals surface area contributed by atoms with E-state index in [1.807, 2.05) is 23.7 Å². The predicted molar refractivity (Wildman–Crippen MR) is 130 cm³/mol. The van der Waals surface area contributed by atoms with E-state index < -0.39 is 15.9 Å². The fourth-order valence-corrected chi connectivity index (χ4v) is 5.63.